The van der Waals surface area contributed by atoms with Gasteiger partial charge in [-0.25, -0.2) is 4.68 Å². The zero-order valence-corrected chi connectivity index (χ0v) is 13.3. The topological polar surface area (TPSA) is 75.2 Å². The van der Waals surface area contributed by atoms with Crippen molar-refractivity contribution in [2.45, 2.75) is 6.92 Å². The summed E-state index contributed by atoms with van der Waals surface area (Å²) >= 11 is 0. The van der Waals surface area contributed by atoms with Gasteiger partial charge in [0.05, 0.1) is 26.1 Å². The molecular weight excluding hydrogens is 292 g/mol. The summed E-state index contributed by atoms with van der Waals surface area (Å²) < 4.78 is 12.4. The average molecular weight is 310 g/mol. The van der Waals surface area contributed by atoms with Crippen molar-refractivity contribution in [3.05, 3.63) is 48.2 Å². The molecule has 23 heavy (non-hydrogen) atoms. The number of hydrogen-bond acceptors (Lipinski definition) is 5. The fourth-order valence-corrected chi connectivity index (χ4v) is 2.39. The van der Waals surface area contributed by atoms with E-state index in [9.17, 15) is 0 Å². The van der Waals surface area contributed by atoms with Crippen LogP contribution in [-0.2, 0) is 0 Å². The molecule has 1 heterocycles. The minimum absolute atomic E-state index is 0.682. The molecule has 0 saturated carbocycles. The van der Waals surface area contributed by atoms with Gasteiger partial charge < -0.3 is 15.2 Å². The van der Waals surface area contributed by atoms with E-state index in [2.05, 4.69) is 10.3 Å². The number of hydrogen-bond donors (Lipinski definition) is 1. The Balaban J connectivity index is 2.07. The van der Waals surface area contributed by atoms with Crippen molar-refractivity contribution in [2.75, 3.05) is 20.0 Å². The molecule has 3 rings (SSSR count). The first-order valence-corrected chi connectivity index (χ1v) is 7.13. The molecule has 6 nitrogen and oxygen atoms in total. The van der Waals surface area contributed by atoms with Gasteiger partial charge in [-0.1, -0.05) is 11.3 Å². The minimum atomic E-state index is 0.682. The van der Waals surface area contributed by atoms with Crippen molar-refractivity contribution in [3.63, 3.8) is 0 Å². The molecule has 0 aliphatic heterocycles. The van der Waals surface area contributed by atoms with Gasteiger partial charge in [-0.2, -0.15) is 0 Å². The highest BCUT2D eigenvalue weighted by atomic mass is 16.5. The van der Waals surface area contributed by atoms with E-state index in [0.717, 1.165) is 22.6 Å². The maximum atomic E-state index is 5.87. The maximum absolute atomic E-state index is 5.87. The fourth-order valence-electron chi connectivity index (χ4n) is 2.39. The number of ether oxygens (including phenoxy) is 2. The molecule has 6 heteroatoms. The second kappa shape index (κ2) is 6.00. The molecular formula is C17H18N4O2. The number of aromatic nitrogens is 3. The monoisotopic (exact) mass is 310 g/mol. The SMILES string of the molecule is COc1ccc(OC)c(-c2cn(-c3cc(N)ccc3C)nn2)c1. The van der Waals surface area contributed by atoms with Crippen LogP contribution in [0.2, 0.25) is 0 Å². The van der Waals surface area contributed by atoms with Crippen molar-refractivity contribution in [1.29, 1.82) is 0 Å². The zero-order chi connectivity index (χ0) is 16.4. The van der Waals surface area contributed by atoms with Crippen LogP contribution in [0.15, 0.2) is 42.6 Å². The number of benzene rings is 2. The molecule has 0 spiro atoms. The average Bonchev–Trinajstić information content (AvgIpc) is 3.06. The predicted molar refractivity (Wildman–Crippen MR) is 89.0 cm³/mol. The highest BCUT2D eigenvalue weighted by Gasteiger charge is 2.13. The second-order valence-corrected chi connectivity index (χ2v) is 5.16. The number of aryl methyl sites for hydroxylation is 1. The molecule has 2 N–H and O–H groups in total. The van der Waals surface area contributed by atoms with Gasteiger partial charge in [0.15, 0.2) is 0 Å². The van der Waals surface area contributed by atoms with Crippen LogP contribution in [-0.4, -0.2) is 29.2 Å². The van der Waals surface area contributed by atoms with Crippen molar-refractivity contribution in [3.8, 4) is 28.4 Å². The van der Waals surface area contributed by atoms with Crippen molar-refractivity contribution < 1.29 is 9.47 Å². The molecule has 0 radical (unpaired) electrons. The smallest absolute Gasteiger partial charge is 0.128 e. The molecule has 0 atom stereocenters. The summed E-state index contributed by atoms with van der Waals surface area (Å²) in [6.07, 6.45) is 1.85. The van der Waals surface area contributed by atoms with Gasteiger partial charge in [0.1, 0.15) is 17.2 Å². The first-order valence-electron chi connectivity index (χ1n) is 7.13. The van der Waals surface area contributed by atoms with E-state index in [1.807, 2.05) is 49.5 Å². The lowest BCUT2D eigenvalue weighted by Gasteiger charge is -2.08. The molecule has 0 fully saturated rings. The number of rotatable bonds is 4. The summed E-state index contributed by atoms with van der Waals surface area (Å²) in [4.78, 5) is 0. The summed E-state index contributed by atoms with van der Waals surface area (Å²) in [6.45, 7) is 2.00. The van der Waals surface area contributed by atoms with Crippen LogP contribution in [0.4, 0.5) is 5.69 Å². The number of methoxy groups -OCH3 is 2. The Morgan fingerprint density at radius 1 is 1.04 bits per heavy atom. The lowest BCUT2D eigenvalue weighted by atomic mass is 10.1. The number of anilines is 1. The zero-order valence-electron chi connectivity index (χ0n) is 13.3. The first kappa shape index (κ1) is 14.9. The predicted octanol–water partition coefficient (Wildman–Crippen LogP) is 2.84. The molecule has 118 valence electrons. The van der Waals surface area contributed by atoms with Gasteiger partial charge in [0.2, 0.25) is 0 Å². The van der Waals surface area contributed by atoms with Crippen molar-refractivity contribution in [2.24, 2.45) is 0 Å². The third-order valence-corrected chi connectivity index (χ3v) is 3.66. The van der Waals surface area contributed by atoms with Crippen molar-refractivity contribution >= 4 is 5.69 Å². The number of nitrogen functional groups attached to an aromatic ring is 1. The van der Waals surface area contributed by atoms with E-state index in [1.54, 1.807) is 18.9 Å². The quantitative estimate of drug-likeness (QED) is 0.750. The summed E-state index contributed by atoms with van der Waals surface area (Å²) in [5.74, 6) is 1.44. The standard InChI is InChI=1S/C17H18N4O2/c1-11-4-5-12(18)8-16(11)21-10-15(19-20-21)14-9-13(22-2)6-7-17(14)23-3/h4-10H,18H2,1-3H3. The highest BCUT2D eigenvalue weighted by molar-refractivity contribution is 5.68. The lowest BCUT2D eigenvalue weighted by Crippen LogP contribution is -1.99. The van der Waals surface area contributed by atoms with Gasteiger partial charge in [0.25, 0.3) is 0 Å². The van der Waals surface area contributed by atoms with Gasteiger partial charge in [-0.3, -0.25) is 0 Å². The van der Waals surface area contributed by atoms with Gasteiger partial charge in [-0.05, 0) is 42.8 Å². The molecule has 1 aromatic heterocycles. The molecule has 0 amide bonds. The van der Waals surface area contributed by atoms with E-state index in [1.165, 1.54) is 0 Å². The van der Waals surface area contributed by atoms with Gasteiger partial charge >= 0.3 is 0 Å². The Morgan fingerprint density at radius 3 is 2.61 bits per heavy atom. The van der Waals surface area contributed by atoms with Crippen LogP contribution in [0.25, 0.3) is 16.9 Å². The lowest BCUT2D eigenvalue weighted by molar-refractivity contribution is 0.404. The Labute approximate surface area is 134 Å². The summed E-state index contributed by atoms with van der Waals surface area (Å²) in [6, 6.07) is 11.3. The van der Waals surface area contributed by atoms with E-state index >= 15 is 0 Å². The van der Waals surface area contributed by atoms with Crippen molar-refractivity contribution in [1.82, 2.24) is 15.0 Å². The summed E-state index contributed by atoms with van der Waals surface area (Å²) in [5, 5.41) is 8.46. The van der Waals surface area contributed by atoms with Crippen LogP contribution in [0.3, 0.4) is 0 Å². The molecule has 3 aromatic rings. The Bertz CT molecular complexity index is 842. The summed E-state index contributed by atoms with van der Waals surface area (Å²) in [7, 11) is 3.25. The largest absolute Gasteiger partial charge is 0.497 e. The van der Waals surface area contributed by atoms with Crippen LogP contribution >= 0.6 is 0 Å². The maximum Gasteiger partial charge on any atom is 0.128 e. The van der Waals surface area contributed by atoms with E-state index < -0.39 is 0 Å². The number of nitrogens with zero attached hydrogens (tertiary/aromatic N) is 3. The van der Waals surface area contributed by atoms with E-state index in [-0.39, 0.29) is 0 Å². The normalized spacial score (nSPS) is 10.6. The molecule has 0 unspecified atom stereocenters. The molecule has 2 aromatic carbocycles. The summed E-state index contributed by atoms with van der Waals surface area (Å²) in [5.41, 5.74) is 10.0. The third-order valence-electron chi connectivity index (χ3n) is 3.66. The minimum Gasteiger partial charge on any atom is -0.497 e. The van der Waals surface area contributed by atoms with Gasteiger partial charge in [0, 0.05) is 11.3 Å². The van der Waals surface area contributed by atoms with E-state index in [0.29, 0.717) is 17.1 Å². The fraction of sp³-hybridized carbons (Fsp3) is 0.176. The van der Waals surface area contributed by atoms with Crippen LogP contribution in [0.5, 0.6) is 11.5 Å². The Hall–Kier alpha value is -3.02. The van der Waals surface area contributed by atoms with Crippen LogP contribution in [0, 0.1) is 6.92 Å². The van der Waals surface area contributed by atoms with E-state index in [4.69, 9.17) is 15.2 Å². The molecule has 0 aliphatic rings. The molecule has 0 bridgehead atoms. The first-order chi connectivity index (χ1) is 11.1. The molecule has 0 saturated heterocycles. The number of nitrogens with two attached hydrogens (primary N) is 1. The Morgan fingerprint density at radius 2 is 1.87 bits per heavy atom. The van der Waals surface area contributed by atoms with Gasteiger partial charge in [-0.15, -0.1) is 5.10 Å². The second-order valence-electron chi connectivity index (χ2n) is 5.16. The molecule has 0 aliphatic carbocycles. The van der Waals surface area contributed by atoms with Crippen LogP contribution < -0.4 is 15.2 Å². The Kier molecular flexibility index (Phi) is 3.89. The highest BCUT2D eigenvalue weighted by Crippen LogP contribution is 2.32. The third kappa shape index (κ3) is 2.83. The van der Waals surface area contributed by atoms with Crippen LogP contribution in [0.1, 0.15) is 5.56 Å².